The Morgan fingerprint density at radius 3 is 2.48 bits per heavy atom. The molecule has 4 rings (SSSR count). The molecule has 1 aromatic rings. The Bertz CT molecular complexity index is 805. The molecule has 2 atom stereocenters. The van der Waals surface area contributed by atoms with Gasteiger partial charge in [-0.15, -0.1) is 0 Å². The van der Waals surface area contributed by atoms with Crippen LogP contribution in [-0.2, 0) is 21.4 Å². The molecule has 3 aliphatic rings. The summed E-state index contributed by atoms with van der Waals surface area (Å²) >= 11 is 0. The maximum atomic E-state index is 13.5. The van der Waals surface area contributed by atoms with Crippen molar-refractivity contribution in [3.8, 4) is 0 Å². The van der Waals surface area contributed by atoms with Crippen molar-refractivity contribution in [1.82, 2.24) is 9.62 Å². The molecule has 29 heavy (non-hydrogen) atoms. The lowest BCUT2D eigenvalue weighted by Gasteiger charge is -2.50. The number of carbonyl (C=O) groups excluding carboxylic acids is 1. The first kappa shape index (κ1) is 20.9. The number of sulfonamides is 1. The monoisotopic (exact) mass is 418 g/mol. The average Bonchev–Trinajstić information content (AvgIpc) is 2.75. The number of carbonyl (C=O) groups is 1. The number of amides is 1. The maximum absolute atomic E-state index is 13.5. The van der Waals surface area contributed by atoms with E-state index in [1.807, 2.05) is 30.3 Å². The number of fused-ring (bicyclic) bond motifs is 1. The SMILES string of the molecule is O=C(NCC1CCCCC1)[C@@]12CCCC[C@H]1N(Cc1ccccc1)S(=O)(=O)CC2. The molecule has 160 valence electrons. The number of hydrogen-bond acceptors (Lipinski definition) is 3. The van der Waals surface area contributed by atoms with E-state index in [2.05, 4.69) is 5.32 Å². The van der Waals surface area contributed by atoms with Crippen LogP contribution in [0.15, 0.2) is 30.3 Å². The van der Waals surface area contributed by atoms with Gasteiger partial charge in [-0.25, -0.2) is 8.42 Å². The number of nitrogens with zero attached hydrogens (tertiary/aromatic N) is 1. The van der Waals surface area contributed by atoms with Crippen LogP contribution in [-0.4, -0.2) is 37.0 Å². The van der Waals surface area contributed by atoms with Crippen LogP contribution in [0.3, 0.4) is 0 Å². The highest BCUT2D eigenvalue weighted by Crippen LogP contribution is 2.47. The lowest BCUT2D eigenvalue weighted by Crippen LogP contribution is -2.62. The van der Waals surface area contributed by atoms with Crippen LogP contribution in [0, 0.1) is 11.3 Å². The van der Waals surface area contributed by atoms with E-state index in [9.17, 15) is 13.2 Å². The van der Waals surface area contributed by atoms with Crippen molar-refractivity contribution >= 4 is 15.9 Å². The molecule has 2 saturated carbocycles. The second kappa shape index (κ2) is 8.76. The van der Waals surface area contributed by atoms with Crippen LogP contribution in [0.5, 0.6) is 0 Å². The molecule has 0 aromatic heterocycles. The fourth-order valence-corrected chi connectivity index (χ4v) is 7.61. The summed E-state index contributed by atoms with van der Waals surface area (Å²) in [5.74, 6) is 0.757. The summed E-state index contributed by atoms with van der Waals surface area (Å²) in [5.41, 5.74) is 0.424. The van der Waals surface area contributed by atoms with Gasteiger partial charge in [0, 0.05) is 19.1 Å². The molecule has 1 saturated heterocycles. The quantitative estimate of drug-likeness (QED) is 0.790. The largest absolute Gasteiger partial charge is 0.355 e. The van der Waals surface area contributed by atoms with Crippen LogP contribution >= 0.6 is 0 Å². The fourth-order valence-electron chi connectivity index (χ4n) is 5.71. The van der Waals surface area contributed by atoms with Gasteiger partial charge in [0.2, 0.25) is 15.9 Å². The minimum atomic E-state index is -3.35. The fraction of sp³-hybridized carbons (Fsp3) is 0.696. The van der Waals surface area contributed by atoms with Gasteiger partial charge in [0.15, 0.2) is 0 Å². The van der Waals surface area contributed by atoms with Crippen LogP contribution in [0.2, 0.25) is 0 Å². The third-order valence-corrected chi connectivity index (χ3v) is 9.23. The molecule has 1 N–H and O–H groups in total. The van der Waals surface area contributed by atoms with E-state index in [1.165, 1.54) is 32.1 Å². The van der Waals surface area contributed by atoms with Gasteiger partial charge in [-0.1, -0.05) is 62.4 Å². The second-order valence-corrected chi connectivity index (χ2v) is 11.3. The zero-order valence-electron chi connectivity index (χ0n) is 17.3. The van der Waals surface area contributed by atoms with Crippen LogP contribution in [0.25, 0.3) is 0 Å². The Morgan fingerprint density at radius 1 is 1.00 bits per heavy atom. The van der Waals surface area contributed by atoms with E-state index in [4.69, 9.17) is 0 Å². The van der Waals surface area contributed by atoms with E-state index in [0.717, 1.165) is 37.8 Å². The molecule has 6 heteroatoms. The minimum absolute atomic E-state index is 0.0766. The van der Waals surface area contributed by atoms with Gasteiger partial charge in [-0.3, -0.25) is 4.79 Å². The summed E-state index contributed by atoms with van der Waals surface area (Å²) in [6.07, 6.45) is 10.3. The molecule has 5 nitrogen and oxygen atoms in total. The highest BCUT2D eigenvalue weighted by atomic mass is 32.2. The van der Waals surface area contributed by atoms with Crippen molar-refractivity contribution in [2.45, 2.75) is 76.8 Å². The first-order chi connectivity index (χ1) is 14.0. The van der Waals surface area contributed by atoms with Gasteiger partial charge in [0.05, 0.1) is 11.2 Å². The molecule has 1 aliphatic heterocycles. The van der Waals surface area contributed by atoms with Gasteiger partial charge in [-0.05, 0) is 43.6 Å². The lowest BCUT2D eigenvalue weighted by molar-refractivity contribution is -0.137. The molecule has 1 heterocycles. The van der Waals surface area contributed by atoms with E-state index in [-0.39, 0.29) is 17.7 Å². The smallest absolute Gasteiger partial charge is 0.227 e. The highest BCUT2D eigenvalue weighted by Gasteiger charge is 2.55. The number of benzene rings is 1. The third kappa shape index (κ3) is 4.38. The summed E-state index contributed by atoms with van der Waals surface area (Å²) < 4.78 is 27.7. The van der Waals surface area contributed by atoms with E-state index < -0.39 is 15.4 Å². The average molecular weight is 419 g/mol. The normalized spacial score (nSPS) is 30.4. The summed E-state index contributed by atoms with van der Waals surface area (Å²) in [4.78, 5) is 13.5. The maximum Gasteiger partial charge on any atom is 0.227 e. The van der Waals surface area contributed by atoms with Crippen LogP contribution in [0.4, 0.5) is 0 Å². The summed E-state index contributed by atoms with van der Waals surface area (Å²) in [6.45, 7) is 1.12. The van der Waals surface area contributed by atoms with Crippen LogP contribution < -0.4 is 5.32 Å². The van der Waals surface area contributed by atoms with Gasteiger partial charge >= 0.3 is 0 Å². The van der Waals surface area contributed by atoms with Gasteiger partial charge in [-0.2, -0.15) is 4.31 Å². The van der Waals surface area contributed by atoms with Gasteiger partial charge in [0.1, 0.15) is 0 Å². The van der Waals surface area contributed by atoms with Crippen molar-refractivity contribution in [3.05, 3.63) is 35.9 Å². The Balaban J connectivity index is 1.54. The number of nitrogens with one attached hydrogen (secondary N) is 1. The Labute approximate surface area is 175 Å². The first-order valence-corrected chi connectivity index (χ1v) is 12.9. The zero-order chi connectivity index (χ0) is 20.3. The van der Waals surface area contributed by atoms with Gasteiger partial charge in [0.25, 0.3) is 0 Å². The lowest BCUT2D eigenvalue weighted by atomic mass is 9.67. The molecule has 2 aliphatic carbocycles. The highest BCUT2D eigenvalue weighted by molar-refractivity contribution is 7.89. The van der Waals surface area contributed by atoms with E-state index in [1.54, 1.807) is 4.31 Å². The number of hydrogen-bond donors (Lipinski definition) is 1. The van der Waals surface area contributed by atoms with Crippen molar-refractivity contribution in [1.29, 1.82) is 0 Å². The second-order valence-electron chi connectivity index (χ2n) is 9.23. The molecule has 1 amide bonds. The predicted octanol–water partition coefficient (Wildman–Crippen LogP) is 3.85. The van der Waals surface area contributed by atoms with E-state index >= 15 is 0 Å². The summed E-state index contributed by atoms with van der Waals surface area (Å²) in [7, 11) is -3.35. The molecule has 0 unspecified atom stereocenters. The summed E-state index contributed by atoms with van der Waals surface area (Å²) in [5, 5.41) is 3.26. The molecule has 3 fully saturated rings. The third-order valence-electron chi connectivity index (χ3n) is 7.41. The van der Waals surface area contributed by atoms with Crippen molar-refractivity contribution in [3.63, 3.8) is 0 Å². The molecule has 0 spiro atoms. The van der Waals surface area contributed by atoms with Gasteiger partial charge < -0.3 is 5.32 Å². The molecule has 1 aromatic carbocycles. The topological polar surface area (TPSA) is 66.5 Å². The summed E-state index contributed by atoms with van der Waals surface area (Å²) in [6, 6.07) is 9.54. The Kier molecular flexibility index (Phi) is 6.30. The Hall–Kier alpha value is -1.40. The first-order valence-electron chi connectivity index (χ1n) is 11.3. The molecular weight excluding hydrogens is 384 g/mol. The molecular formula is C23H34N2O3S. The number of rotatable bonds is 5. The van der Waals surface area contributed by atoms with Crippen molar-refractivity contribution < 1.29 is 13.2 Å². The molecule has 0 bridgehead atoms. The standard InChI is InChI=1S/C23H34N2O3S/c26-22(24-17-19-9-3-1-4-10-19)23-14-8-7-13-21(23)25(29(27,28)16-15-23)18-20-11-5-2-6-12-20/h2,5-6,11-12,19,21H,1,3-4,7-10,13-18H2,(H,24,26)/t21-,23-/m1/s1. The van der Waals surface area contributed by atoms with E-state index in [0.29, 0.717) is 18.9 Å². The van der Waals surface area contributed by atoms with Crippen molar-refractivity contribution in [2.24, 2.45) is 11.3 Å². The molecule has 0 radical (unpaired) electrons. The van der Waals surface area contributed by atoms with Crippen molar-refractivity contribution in [2.75, 3.05) is 12.3 Å². The van der Waals surface area contributed by atoms with Crippen LogP contribution in [0.1, 0.15) is 69.8 Å². The minimum Gasteiger partial charge on any atom is -0.355 e. The Morgan fingerprint density at radius 2 is 1.72 bits per heavy atom. The zero-order valence-corrected chi connectivity index (χ0v) is 18.1. The predicted molar refractivity (Wildman–Crippen MR) is 115 cm³/mol.